The number of para-hydroxylation sites is 2. The Labute approximate surface area is 199 Å². The highest BCUT2D eigenvalue weighted by atomic mass is 32.1. The van der Waals surface area contributed by atoms with Gasteiger partial charge in [-0.25, -0.2) is 9.97 Å². The zero-order valence-electron chi connectivity index (χ0n) is 18.4. The molecule has 0 saturated carbocycles. The second kappa shape index (κ2) is 9.32. The van der Waals surface area contributed by atoms with Gasteiger partial charge in [-0.2, -0.15) is 9.78 Å². The third-order valence-electron chi connectivity index (χ3n) is 5.22. The minimum absolute atomic E-state index is 0.177. The lowest BCUT2D eigenvalue weighted by Gasteiger charge is -2.04. The first-order chi connectivity index (χ1) is 16.6. The van der Waals surface area contributed by atoms with Crippen LogP contribution in [0.25, 0.3) is 22.2 Å². The Morgan fingerprint density at radius 2 is 1.88 bits per heavy atom. The van der Waals surface area contributed by atoms with Gasteiger partial charge in [-0.05, 0) is 60.3 Å². The van der Waals surface area contributed by atoms with Gasteiger partial charge in [0, 0.05) is 4.88 Å². The number of ether oxygens (including phenoxy) is 1. The molecule has 5 aromatic rings. The lowest BCUT2D eigenvalue weighted by molar-refractivity contribution is 0.0953. The molecule has 2 aromatic carbocycles. The molecular formula is C25H22N6O2S. The van der Waals surface area contributed by atoms with Gasteiger partial charge < -0.3 is 15.8 Å². The molecule has 0 saturated heterocycles. The van der Waals surface area contributed by atoms with Crippen molar-refractivity contribution >= 4 is 51.5 Å². The van der Waals surface area contributed by atoms with Gasteiger partial charge in [0.15, 0.2) is 5.65 Å². The fraction of sp³-hybridized carbons (Fsp3) is 0.120. The number of hydrogen-bond donors (Lipinski definition) is 2. The first-order valence-electron chi connectivity index (χ1n) is 10.8. The highest BCUT2D eigenvalue weighted by Crippen LogP contribution is 2.28. The molecule has 34 heavy (non-hydrogen) atoms. The van der Waals surface area contributed by atoms with Gasteiger partial charge in [-0.3, -0.25) is 4.79 Å². The number of thiophene rings is 1. The Morgan fingerprint density at radius 1 is 1.12 bits per heavy atom. The molecule has 0 fully saturated rings. The standard InChI is InChI=1S/C25H22N6O2S/c1-2-33-17-11-9-16(10-12-17)14-28-31-23(26)21(25(32)27-15-18-6-5-13-34-18)22-24(31)30-20-8-4-3-7-19(20)29-22/h3-14H,2,15,26H2,1H3,(H,27,32). The highest BCUT2D eigenvalue weighted by molar-refractivity contribution is 7.09. The fourth-order valence-corrected chi connectivity index (χ4v) is 4.24. The molecule has 3 N–H and O–H groups in total. The first-order valence-corrected chi connectivity index (χ1v) is 11.7. The van der Waals surface area contributed by atoms with E-state index >= 15 is 0 Å². The molecule has 0 atom stereocenters. The first kappa shape index (κ1) is 21.6. The van der Waals surface area contributed by atoms with Crippen molar-refractivity contribution in [2.24, 2.45) is 5.10 Å². The van der Waals surface area contributed by atoms with Crippen LogP contribution in [0, 0.1) is 0 Å². The summed E-state index contributed by atoms with van der Waals surface area (Å²) in [6, 6.07) is 18.9. The van der Waals surface area contributed by atoms with Crippen molar-refractivity contribution < 1.29 is 9.53 Å². The van der Waals surface area contributed by atoms with E-state index in [0.717, 1.165) is 16.2 Å². The molecule has 8 nitrogen and oxygen atoms in total. The van der Waals surface area contributed by atoms with Crippen LogP contribution in [0.1, 0.15) is 27.7 Å². The molecule has 170 valence electrons. The van der Waals surface area contributed by atoms with Crippen LogP contribution in [0.3, 0.4) is 0 Å². The van der Waals surface area contributed by atoms with E-state index in [9.17, 15) is 4.79 Å². The van der Waals surface area contributed by atoms with Gasteiger partial charge in [0.05, 0.1) is 30.4 Å². The smallest absolute Gasteiger partial charge is 0.257 e. The van der Waals surface area contributed by atoms with Gasteiger partial charge in [0.25, 0.3) is 5.91 Å². The van der Waals surface area contributed by atoms with Gasteiger partial charge in [0.2, 0.25) is 0 Å². The van der Waals surface area contributed by atoms with E-state index in [1.165, 1.54) is 4.68 Å². The molecule has 0 bridgehead atoms. The SMILES string of the molecule is CCOc1ccc(C=Nn2c(N)c(C(=O)NCc3cccs3)c3nc4ccccc4nc32)cc1. The number of carbonyl (C=O) groups excluding carboxylic acids is 1. The Kier molecular flexibility index (Phi) is 5.92. The van der Waals surface area contributed by atoms with E-state index in [1.807, 2.05) is 73.0 Å². The molecule has 0 spiro atoms. The van der Waals surface area contributed by atoms with Crippen molar-refractivity contribution in [3.8, 4) is 5.75 Å². The van der Waals surface area contributed by atoms with Crippen LogP contribution in [0.2, 0.25) is 0 Å². The van der Waals surface area contributed by atoms with E-state index in [2.05, 4.69) is 10.4 Å². The summed E-state index contributed by atoms with van der Waals surface area (Å²) in [5.74, 6) is 0.638. The number of nitrogens with two attached hydrogens (primary N) is 1. The van der Waals surface area contributed by atoms with E-state index in [0.29, 0.717) is 35.3 Å². The van der Waals surface area contributed by atoms with Crippen LogP contribution in [0.15, 0.2) is 71.1 Å². The molecule has 3 heterocycles. The zero-order valence-corrected chi connectivity index (χ0v) is 19.2. The monoisotopic (exact) mass is 470 g/mol. The number of fused-ring (bicyclic) bond motifs is 2. The molecule has 0 unspecified atom stereocenters. The minimum atomic E-state index is -0.324. The molecular weight excluding hydrogens is 448 g/mol. The van der Waals surface area contributed by atoms with Crippen LogP contribution >= 0.6 is 11.3 Å². The molecule has 0 aliphatic rings. The predicted octanol–water partition coefficient (Wildman–Crippen LogP) is 4.44. The van der Waals surface area contributed by atoms with Gasteiger partial charge in [-0.1, -0.05) is 18.2 Å². The third-order valence-corrected chi connectivity index (χ3v) is 6.09. The minimum Gasteiger partial charge on any atom is -0.494 e. The zero-order chi connectivity index (χ0) is 23.5. The van der Waals surface area contributed by atoms with Crippen LogP contribution in [0.5, 0.6) is 5.75 Å². The summed E-state index contributed by atoms with van der Waals surface area (Å²) < 4.78 is 6.95. The predicted molar refractivity (Wildman–Crippen MR) is 136 cm³/mol. The second-order valence-corrected chi connectivity index (χ2v) is 8.50. The Balaban J connectivity index is 1.56. The number of aromatic nitrogens is 3. The maximum absolute atomic E-state index is 13.2. The summed E-state index contributed by atoms with van der Waals surface area (Å²) in [5.41, 5.74) is 9.74. The number of hydrogen-bond acceptors (Lipinski definition) is 7. The summed E-state index contributed by atoms with van der Waals surface area (Å²) in [6.07, 6.45) is 1.66. The summed E-state index contributed by atoms with van der Waals surface area (Å²) in [6.45, 7) is 2.94. The van der Waals surface area contributed by atoms with Crippen molar-refractivity contribution in [3.05, 3.63) is 82.0 Å². The Morgan fingerprint density at radius 3 is 2.59 bits per heavy atom. The van der Waals surface area contributed by atoms with E-state index in [-0.39, 0.29) is 17.3 Å². The maximum Gasteiger partial charge on any atom is 0.257 e. The number of nitrogens with zero attached hydrogens (tertiary/aromatic N) is 4. The van der Waals surface area contributed by atoms with Gasteiger partial charge >= 0.3 is 0 Å². The third kappa shape index (κ3) is 4.20. The topological polar surface area (TPSA) is 107 Å². The molecule has 0 radical (unpaired) electrons. The summed E-state index contributed by atoms with van der Waals surface area (Å²) in [4.78, 5) is 23.6. The number of rotatable bonds is 7. The van der Waals surface area contributed by atoms with E-state index in [1.54, 1.807) is 17.6 Å². The highest BCUT2D eigenvalue weighted by Gasteiger charge is 2.24. The summed E-state index contributed by atoms with van der Waals surface area (Å²) in [5, 5.41) is 9.44. The molecule has 1 amide bonds. The van der Waals surface area contributed by atoms with Crippen molar-refractivity contribution in [2.45, 2.75) is 13.5 Å². The summed E-state index contributed by atoms with van der Waals surface area (Å²) in [7, 11) is 0. The van der Waals surface area contributed by atoms with Crippen molar-refractivity contribution in [3.63, 3.8) is 0 Å². The number of benzene rings is 2. The average molecular weight is 471 g/mol. The van der Waals surface area contributed by atoms with Crippen LogP contribution in [-0.4, -0.2) is 33.4 Å². The Hall–Kier alpha value is -4.24. The molecule has 5 rings (SSSR count). The largest absolute Gasteiger partial charge is 0.494 e. The quantitative estimate of drug-likeness (QED) is 0.342. The number of amides is 1. The fourth-order valence-electron chi connectivity index (χ4n) is 3.60. The second-order valence-electron chi connectivity index (χ2n) is 7.47. The summed E-state index contributed by atoms with van der Waals surface area (Å²) >= 11 is 1.57. The normalized spacial score (nSPS) is 11.4. The van der Waals surface area contributed by atoms with Crippen LogP contribution in [0.4, 0.5) is 5.82 Å². The Bertz CT molecular complexity index is 1490. The number of nitrogen functional groups attached to an aromatic ring is 1. The van der Waals surface area contributed by atoms with Crippen molar-refractivity contribution in [2.75, 3.05) is 12.3 Å². The molecule has 0 aliphatic carbocycles. The van der Waals surface area contributed by atoms with Crippen molar-refractivity contribution in [1.29, 1.82) is 0 Å². The van der Waals surface area contributed by atoms with Crippen molar-refractivity contribution in [1.82, 2.24) is 20.0 Å². The maximum atomic E-state index is 13.2. The molecule has 0 aliphatic heterocycles. The lowest BCUT2D eigenvalue weighted by atomic mass is 10.2. The molecule has 3 aromatic heterocycles. The lowest BCUT2D eigenvalue weighted by Crippen LogP contribution is -2.23. The van der Waals surface area contributed by atoms with Crippen LogP contribution in [-0.2, 0) is 6.54 Å². The van der Waals surface area contributed by atoms with E-state index in [4.69, 9.17) is 20.4 Å². The number of anilines is 1. The number of nitrogens with one attached hydrogen (secondary N) is 1. The molecule has 9 heteroatoms. The number of carbonyl (C=O) groups is 1. The van der Waals surface area contributed by atoms with Crippen LogP contribution < -0.4 is 15.8 Å². The average Bonchev–Trinajstić information content (AvgIpc) is 3.46. The van der Waals surface area contributed by atoms with Gasteiger partial charge in [0.1, 0.15) is 22.6 Å². The van der Waals surface area contributed by atoms with Gasteiger partial charge in [-0.15, -0.1) is 11.3 Å². The van der Waals surface area contributed by atoms with E-state index < -0.39 is 0 Å².